The first-order valence-electron chi connectivity index (χ1n) is 19.2. The summed E-state index contributed by atoms with van der Waals surface area (Å²) in [6, 6.07) is 67.0. The molecule has 57 heavy (non-hydrogen) atoms. The van der Waals surface area contributed by atoms with Gasteiger partial charge in [-0.15, -0.1) is 0 Å². The molecule has 0 aliphatic heterocycles. The second kappa shape index (κ2) is 13.6. The Morgan fingerprint density at radius 3 is 1.40 bits per heavy atom. The summed E-state index contributed by atoms with van der Waals surface area (Å²) in [5.41, 5.74) is 9.40. The average Bonchev–Trinajstić information content (AvgIpc) is 3.29. The summed E-state index contributed by atoms with van der Waals surface area (Å²) >= 11 is 0. The molecule has 0 saturated carbocycles. The van der Waals surface area contributed by atoms with Gasteiger partial charge in [-0.05, 0) is 98.4 Å². The zero-order chi connectivity index (χ0) is 37.7. The lowest BCUT2D eigenvalue weighted by atomic mass is 9.98. The van der Waals surface area contributed by atoms with E-state index in [0.717, 1.165) is 67.0 Å². The van der Waals surface area contributed by atoms with Crippen LogP contribution in [0.2, 0.25) is 0 Å². The van der Waals surface area contributed by atoms with Crippen LogP contribution in [0, 0.1) is 0 Å². The molecule has 3 heterocycles. The predicted molar refractivity (Wildman–Crippen MR) is 238 cm³/mol. The maximum atomic E-state index is 4.80. The zero-order valence-electron chi connectivity index (χ0n) is 30.9. The molecule has 11 rings (SSSR count). The van der Waals surface area contributed by atoms with E-state index in [1.165, 1.54) is 37.7 Å². The van der Waals surface area contributed by atoms with E-state index in [9.17, 15) is 0 Å². The van der Waals surface area contributed by atoms with Crippen LogP contribution in [0.5, 0.6) is 0 Å². The fourth-order valence-corrected chi connectivity index (χ4v) is 8.28. The molecule has 0 aliphatic carbocycles. The van der Waals surface area contributed by atoms with Gasteiger partial charge in [0, 0.05) is 68.5 Å². The Kier molecular flexibility index (Phi) is 7.78. The van der Waals surface area contributed by atoms with Gasteiger partial charge in [0.25, 0.3) is 0 Å². The van der Waals surface area contributed by atoms with E-state index in [1.54, 1.807) is 0 Å². The lowest BCUT2D eigenvalue weighted by Crippen LogP contribution is -2.10. The van der Waals surface area contributed by atoms with Crippen LogP contribution < -0.4 is 4.90 Å². The van der Waals surface area contributed by atoms with E-state index >= 15 is 0 Å². The van der Waals surface area contributed by atoms with Crippen LogP contribution in [0.25, 0.3) is 87.6 Å². The first-order chi connectivity index (χ1) is 28.2. The molecule has 0 fully saturated rings. The summed E-state index contributed by atoms with van der Waals surface area (Å²) in [5.74, 6) is 0. The monoisotopic (exact) mass is 726 g/mol. The SMILES string of the molecule is c1ccc2cc(-c3ccc4c(ccc5cc(N(c6ccc(-c7nccc8ccccc78)cc6)c6ccc(-c7nccc8ccccc78)cc6)ccc54)c3)ncc2c1. The van der Waals surface area contributed by atoms with E-state index in [1.807, 2.05) is 18.6 Å². The standard InChI is InChI=1S/C53H34N4/c1-2-10-43-34-56-51(33-39(43)9-1)42-19-25-47-40(31-42)13-14-41-32-46(24-26-48(41)47)57(44-20-15-37(16-21-44)52-49-11-5-3-7-35(49)27-29-54-52)45-22-17-38(18-23-45)53-50-12-6-4-8-36(50)28-30-55-53/h1-34H. The summed E-state index contributed by atoms with van der Waals surface area (Å²) in [5, 5.41) is 11.8. The molecule has 8 aromatic carbocycles. The largest absolute Gasteiger partial charge is 0.310 e. The topological polar surface area (TPSA) is 41.9 Å². The Bertz CT molecular complexity index is 3170. The van der Waals surface area contributed by atoms with Gasteiger partial charge in [-0.1, -0.05) is 127 Å². The highest BCUT2D eigenvalue weighted by Crippen LogP contribution is 2.40. The molecule has 0 amide bonds. The second-order valence-electron chi connectivity index (χ2n) is 14.5. The van der Waals surface area contributed by atoms with Crippen LogP contribution in [0.1, 0.15) is 0 Å². The maximum absolute atomic E-state index is 4.80. The van der Waals surface area contributed by atoms with Crippen molar-refractivity contribution in [3.8, 4) is 33.8 Å². The van der Waals surface area contributed by atoms with Gasteiger partial charge in [0.2, 0.25) is 0 Å². The number of nitrogens with zero attached hydrogens (tertiary/aromatic N) is 4. The Balaban J connectivity index is 1.00. The van der Waals surface area contributed by atoms with Crippen molar-refractivity contribution < 1.29 is 0 Å². The molecule has 0 unspecified atom stereocenters. The molecular formula is C53H34N4. The Labute approximate surface area is 330 Å². The molecule has 4 nitrogen and oxygen atoms in total. The smallest absolute Gasteiger partial charge is 0.0780 e. The zero-order valence-corrected chi connectivity index (χ0v) is 30.9. The number of rotatable bonds is 6. The van der Waals surface area contributed by atoms with Gasteiger partial charge in [0.1, 0.15) is 0 Å². The van der Waals surface area contributed by atoms with E-state index in [2.05, 4.69) is 193 Å². The quantitative estimate of drug-likeness (QED) is 0.160. The normalized spacial score (nSPS) is 11.5. The van der Waals surface area contributed by atoms with Gasteiger partial charge in [-0.3, -0.25) is 15.0 Å². The molecule has 266 valence electrons. The highest BCUT2D eigenvalue weighted by Gasteiger charge is 2.16. The fraction of sp³-hybridized carbons (Fsp3) is 0. The first kappa shape index (κ1) is 32.7. The Hall–Kier alpha value is -7.69. The molecule has 4 heteroatoms. The van der Waals surface area contributed by atoms with Gasteiger partial charge in [0.05, 0.1) is 17.1 Å². The number of hydrogen-bond donors (Lipinski definition) is 0. The minimum Gasteiger partial charge on any atom is -0.310 e. The molecule has 11 aromatic rings. The van der Waals surface area contributed by atoms with Gasteiger partial charge in [-0.2, -0.15) is 0 Å². The van der Waals surface area contributed by atoms with Gasteiger partial charge < -0.3 is 4.90 Å². The molecule has 0 saturated heterocycles. The van der Waals surface area contributed by atoms with Crippen LogP contribution in [-0.2, 0) is 0 Å². The van der Waals surface area contributed by atoms with Crippen molar-refractivity contribution in [2.75, 3.05) is 4.90 Å². The fourth-order valence-electron chi connectivity index (χ4n) is 8.28. The molecule has 0 atom stereocenters. The summed E-state index contributed by atoms with van der Waals surface area (Å²) < 4.78 is 0. The van der Waals surface area contributed by atoms with Crippen molar-refractivity contribution in [2.24, 2.45) is 0 Å². The molecule has 0 bridgehead atoms. The number of hydrogen-bond acceptors (Lipinski definition) is 4. The summed E-state index contributed by atoms with van der Waals surface area (Å²) in [7, 11) is 0. The van der Waals surface area contributed by atoms with Crippen LogP contribution in [0.3, 0.4) is 0 Å². The molecule has 0 radical (unpaired) electrons. The van der Waals surface area contributed by atoms with Crippen molar-refractivity contribution in [1.82, 2.24) is 15.0 Å². The van der Waals surface area contributed by atoms with Gasteiger partial charge >= 0.3 is 0 Å². The van der Waals surface area contributed by atoms with Gasteiger partial charge in [-0.25, -0.2) is 0 Å². The summed E-state index contributed by atoms with van der Waals surface area (Å²) in [4.78, 5) is 16.7. The number of anilines is 3. The number of fused-ring (bicyclic) bond motifs is 6. The lowest BCUT2D eigenvalue weighted by Gasteiger charge is -2.26. The van der Waals surface area contributed by atoms with Gasteiger partial charge in [0.15, 0.2) is 0 Å². The number of benzene rings is 8. The minimum atomic E-state index is 0.978. The second-order valence-corrected chi connectivity index (χ2v) is 14.5. The van der Waals surface area contributed by atoms with E-state index in [-0.39, 0.29) is 0 Å². The van der Waals surface area contributed by atoms with Crippen LogP contribution in [0.15, 0.2) is 207 Å². The highest BCUT2D eigenvalue weighted by atomic mass is 15.1. The summed E-state index contributed by atoms with van der Waals surface area (Å²) in [6.07, 6.45) is 5.75. The van der Waals surface area contributed by atoms with Crippen molar-refractivity contribution in [3.63, 3.8) is 0 Å². The van der Waals surface area contributed by atoms with Crippen LogP contribution in [0.4, 0.5) is 17.1 Å². The number of aromatic nitrogens is 3. The minimum absolute atomic E-state index is 0.978. The van der Waals surface area contributed by atoms with E-state index in [4.69, 9.17) is 15.0 Å². The third-order valence-electron chi connectivity index (χ3n) is 11.1. The Morgan fingerprint density at radius 1 is 0.298 bits per heavy atom. The summed E-state index contributed by atoms with van der Waals surface area (Å²) in [6.45, 7) is 0. The molecule has 0 spiro atoms. The predicted octanol–water partition coefficient (Wildman–Crippen LogP) is 14.1. The lowest BCUT2D eigenvalue weighted by molar-refractivity contribution is 1.28. The highest BCUT2D eigenvalue weighted by molar-refractivity contribution is 6.09. The van der Waals surface area contributed by atoms with Crippen LogP contribution in [-0.4, -0.2) is 15.0 Å². The van der Waals surface area contributed by atoms with Crippen LogP contribution >= 0.6 is 0 Å². The average molecular weight is 727 g/mol. The molecule has 3 aromatic heterocycles. The third kappa shape index (κ3) is 5.83. The maximum Gasteiger partial charge on any atom is 0.0780 e. The van der Waals surface area contributed by atoms with Crippen molar-refractivity contribution in [1.29, 1.82) is 0 Å². The molecule has 0 N–H and O–H groups in total. The van der Waals surface area contributed by atoms with Crippen molar-refractivity contribution in [2.45, 2.75) is 0 Å². The third-order valence-corrected chi connectivity index (χ3v) is 11.1. The molecule has 0 aliphatic rings. The van der Waals surface area contributed by atoms with E-state index < -0.39 is 0 Å². The van der Waals surface area contributed by atoms with E-state index in [0.29, 0.717) is 0 Å². The number of pyridine rings is 3. The van der Waals surface area contributed by atoms with Crippen molar-refractivity contribution >= 4 is 70.9 Å². The Morgan fingerprint density at radius 2 is 0.789 bits per heavy atom. The molecular weight excluding hydrogens is 693 g/mol. The van der Waals surface area contributed by atoms with Crippen molar-refractivity contribution in [3.05, 3.63) is 207 Å². The first-order valence-corrected chi connectivity index (χ1v) is 19.2.